The molecule has 0 spiro atoms. The van der Waals surface area contributed by atoms with Gasteiger partial charge >= 0.3 is 0 Å². The van der Waals surface area contributed by atoms with Gasteiger partial charge in [0.15, 0.2) is 11.6 Å². The third-order valence-corrected chi connectivity index (χ3v) is 3.88. The standard InChI is InChI=1S/C15H11IN2O2/c1-9-7-8-11(20-9)14-17-13(12(16)15(19)18-14)10-5-3-2-4-6-10/h2-8H,1H3,(H,17,18,19). The number of aryl methyl sites for hydroxylation is 1. The van der Waals surface area contributed by atoms with E-state index < -0.39 is 0 Å². The number of nitrogens with one attached hydrogen (secondary N) is 1. The molecule has 4 nitrogen and oxygen atoms in total. The van der Waals surface area contributed by atoms with E-state index in [1.807, 2.05) is 65.9 Å². The van der Waals surface area contributed by atoms with Crippen LogP contribution in [0, 0.1) is 10.5 Å². The first-order chi connectivity index (χ1) is 9.65. The van der Waals surface area contributed by atoms with Crippen molar-refractivity contribution < 1.29 is 4.42 Å². The van der Waals surface area contributed by atoms with E-state index in [2.05, 4.69) is 9.97 Å². The fraction of sp³-hybridized carbons (Fsp3) is 0.0667. The number of halogens is 1. The maximum absolute atomic E-state index is 12.1. The van der Waals surface area contributed by atoms with Crippen LogP contribution in [0.2, 0.25) is 0 Å². The van der Waals surface area contributed by atoms with Gasteiger partial charge < -0.3 is 9.40 Å². The Hall–Kier alpha value is -1.89. The molecule has 3 aromatic rings. The van der Waals surface area contributed by atoms with Crippen molar-refractivity contribution >= 4 is 22.6 Å². The van der Waals surface area contributed by atoms with Gasteiger partial charge in [0.1, 0.15) is 9.33 Å². The largest absolute Gasteiger partial charge is 0.458 e. The highest BCUT2D eigenvalue weighted by Crippen LogP contribution is 2.24. The maximum atomic E-state index is 12.1. The van der Waals surface area contributed by atoms with Crippen LogP contribution >= 0.6 is 22.6 Å². The van der Waals surface area contributed by atoms with Gasteiger partial charge in [0.25, 0.3) is 5.56 Å². The third-order valence-electron chi connectivity index (χ3n) is 2.88. The van der Waals surface area contributed by atoms with Crippen LogP contribution < -0.4 is 5.56 Å². The van der Waals surface area contributed by atoms with E-state index in [0.717, 1.165) is 11.3 Å². The quantitative estimate of drug-likeness (QED) is 0.694. The Morgan fingerprint density at radius 2 is 1.90 bits per heavy atom. The zero-order valence-electron chi connectivity index (χ0n) is 10.7. The van der Waals surface area contributed by atoms with E-state index in [0.29, 0.717) is 20.8 Å². The van der Waals surface area contributed by atoms with Gasteiger partial charge in [0.2, 0.25) is 0 Å². The second kappa shape index (κ2) is 5.24. The first kappa shape index (κ1) is 13.1. The van der Waals surface area contributed by atoms with Gasteiger partial charge in [-0.05, 0) is 41.6 Å². The smallest absolute Gasteiger partial charge is 0.265 e. The molecule has 5 heteroatoms. The number of hydrogen-bond acceptors (Lipinski definition) is 3. The minimum Gasteiger partial charge on any atom is -0.458 e. The Labute approximate surface area is 129 Å². The highest BCUT2D eigenvalue weighted by molar-refractivity contribution is 14.1. The predicted octanol–water partition coefficient (Wildman–Crippen LogP) is 3.61. The fourth-order valence-corrected chi connectivity index (χ4v) is 2.49. The molecule has 2 heterocycles. The summed E-state index contributed by atoms with van der Waals surface area (Å²) in [5.74, 6) is 1.79. The summed E-state index contributed by atoms with van der Waals surface area (Å²) in [7, 11) is 0. The number of aromatic nitrogens is 2. The highest BCUT2D eigenvalue weighted by Gasteiger charge is 2.13. The number of hydrogen-bond donors (Lipinski definition) is 1. The minimum atomic E-state index is -0.163. The SMILES string of the molecule is Cc1ccc(-c2nc(-c3ccccc3)c(I)c(=O)[nH]2)o1. The molecule has 1 aromatic carbocycles. The molecule has 20 heavy (non-hydrogen) atoms. The molecular formula is C15H11IN2O2. The molecule has 0 saturated carbocycles. The summed E-state index contributed by atoms with van der Waals surface area (Å²) in [4.78, 5) is 19.3. The van der Waals surface area contributed by atoms with Crippen LogP contribution in [0.3, 0.4) is 0 Å². The Bertz CT molecular complexity index is 806. The lowest BCUT2D eigenvalue weighted by atomic mass is 10.1. The first-order valence-corrected chi connectivity index (χ1v) is 7.15. The molecule has 0 atom stereocenters. The summed E-state index contributed by atoms with van der Waals surface area (Å²) >= 11 is 2.01. The van der Waals surface area contributed by atoms with Crippen molar-refractivity contribution in [3.05, 3.63) is 62.1 Å². The number of benzene rings is 1. The molecule has 0 unspecified atom stereocenters. The number of H-pyrrole nitrogens is 1. The Morgan fingerprint density at radius 3 is 2.55 bits per heavy atom. The lowest BCUT2D eigenvalue weighted by Gasteiger charge is -2.05. The molecule has 0 aliphatic carbocycles. The van der Waals surface area contributed by atoms with Crippen LogP contribution in [-0.2, 0) is 0 Å². The predicted molar refractivity (Wildman–Crippen MR) is 85.4 cm³/mol. The number of aromatic amines is 1. The van der Waals surface area contributed by atoms with Gasteiger partial charge in [-0.1, -0.05) is 30.3 Å². The monoisotopic (exact) mass is 378 g/mol. The normalized spacial score (nSPS) is 10.7. The molecule has 0 amide bonds. The van der Waals surface area contributed by atoms with E-state index in [1.54, 1.807) is 6.07 Å². The van der Waals surface area contributed by atoms with Crippen LogP contribution in [0.25, 0.3) is 22.8 Å². The lowest BCUT2D eigenvalue weighted by molar-refractivity contribution is 0.544. The third kappa shape index (κ3) is 2.40. The summed E-state index contributed by atoms with van der Waals surface area (Å²) < 4.78 is 6.09. The van der Waals surface area contributed by atoms with Crippen LogP contribution in [0.5, 0.6) is 0 Å². The molecule has 0 bridgehead atoms. The van der Waals surface area contributed by atoms with Crippen LogP contribution in [-0.4, -0.2) is 9.97 Å². The fourth-order valence-electron chi connectivity index (χ4n) is 1.92. The van der Waals surface area contributed by atoms with E-state index in [4.69, 9.17) is 4.42 Å². The summed E-state index contributed by atoms with van der Waals surface area (Å²) in [6.45, 7) is 1.85. The molecule has 2 aromatic heterocycles. The summed E-state index contributed by atoms with van der Waals surface area (Å²) in [6.07, 6.45) is 0. The first-order valence-electron chi connectivity index (χ1n) is 6.07. The maximum Gasteiger partial charge on any atom is 0.265 e. The number of furan rings is 1. The average Bonchev–Trinajstić information content (AvgIpc) is 2.89. The number of nitrogens with zero attached hydrogens (tertiary/aromatic N) is 1. The zero-order chi connectivity index (χ0) is 14.1. The average molecular weight is 378 g/mol. The van der Waals surface area contributed by atoms with Crippen molar-refractivity contribution in [2.75, 3.05) is 0 Å². The molecular weight excluding hydrogens is 367 g/mol. The van der Waals surface area contributed by atoms with Gasteiger partial charge in [0.05, 0.1) is 5.69 Å². The summed E-state index contributed by atoms with van der Waals surface area (Å²) in [5, 5.41) is 0. The molecule has 0 aliphatic rings. The Kier molecular flexibility index (Phi) is 3.43. The Morgan fingerprint density at radius 1 is 1.15 bits per heavy atom. The second-order valence-electron chi connectivity index (χ2n) is 4.35. The van der Waals surface area contributed by atoms with Crippen molar-refractivity contribution in [2.45, 2.75) is 6.92 Å². The van der Waals surface area contributed by atoms with Crippen molar-refractivity contribution in [1.29, 1.82) is 0 Å². The van der Waals surface area contributed by atoms with Gasteiger partial charge in [0, 0.05) is 5.56 Å². The zero-order valence-corrected chi connectivity index (χ0v) is 12.8. The van der Waals surface area contributed by atoms with Gasteiger partial charge in [-0.3, -0.25) is 4.79 Å². The minimum absolute atomic E-state index is 0.163. The lowest BCUT2D eigenvalue weighted by Crippen LogP contribution is -2.14. The molecule has 1 N–H and O–H groups in total. The van der Waals surface area contributed by atoms with Crippen LogP contribution in [0.1, 0.15) is 5.76 Å². The van der Waals surface area contributed by atoms with Crippen molar-refractivity contribution in [1.82, 2.24) is 9.97 Å². The Balaban J connectivity index is 2.21. The molecule has 0 aliphatic heterocycles. The summed E-state index contributed by atoms with van der Waals surface area (Å²) in [6, 6.07) is 13.3. The summed E-state index contributed by atoms with van der Waals surface area (Å²) in [5.41, 5.74) is 1.41. The van der Waals surface area contributed by atoms with E-state index in [-0.39, 0.29) is 5.56 Å². The van der Waals surface area contributed by atoms with Crippen molar-refractivity contribution in [3.8, 4) is 22.8 Å². The highest BCUT2D eigenvalue weighted by atomic mass is 127. The van der Waals surface area contributed by atoms with Crippen molar-refractivity contribution in [2.24, 2.45) is 0 Å². The van der Waals surface area contributed by atoms with E-state index in [9.17, 15) is 4.79 Å². The van der Waals surface area contributed by atoms with E-state index in [1.165, 1.54) is 0 Å². The van der Waals surface area contributed by atoms with E-state index >= 15 is 0 Å². The van der Waals surface area contributed by atoms with Crippen molar-refractivity contribution in [3.63, 3.8) is 0 Å². The molecule has 0 saturated heterocycles. The van der Waals surface area contributed by atoms with Gasteiger partial charge in [-0.25, -0.2) is 4.98 Å². The topological polar surface area (TPSA) is 58.9 Å². The molecule has 100 valence electrons. The molecule has 0 fully saturated rings. The molecule has 3 rings (SSSR count). The number of rotatable bonds is 2. The van der Waals surface area contributed by atoms with Crippen LogP contribution in [0.15, 0.2) is 51.7 Å². The van der Waals surface area contributed by atoms with Gasteiger partial charge in [-0.15, -0.1) is 0 Å². The van der Waals surface area contributed by atoms with Gasteiger partial charge in [-0.2, -0.15) is 0 Å². The second-order valence-corrected chi connectivity index (χ2v) is 5.43. The van der Waals surface area contributed by atoms with Crippen LogP contribution in [0.4, 0.5) is 0 Å². The molecule has 0 radical (unpaired) electrons.